The van der Waals surface area contributed by atoms with Gasteiger partial charge in [-0.1, -0.05) is 0 Å². The average Bonchev–Trinajstić information content (AvgIpc) is 2.38. The fourth-order valence-electron chi connectivity index (χ4n) is 2.21. The van der Waals surface area contributed by atoms with Crippen molar-refractivity contribution in [2.45, 2.75) is 64.0 Å². The molecule has 0 bridgehead atoms. The first-order chi connectivity index (χ1) is 6.41. The molecule has 2 unspecified atom stereocenters. The molecule has 0 aromatic heterocycles. The second-order valence-corrected chi connectivity index (χ2v) is 4.60. The number of aliphatic hydroxyl groups excluding tert-OH is 1. The normalized spacial score (nSPS) is 51.6. The van der Waals surface area contributed by atoms with E-state index >= 15 is 0 Å². The summed E-state index contributed by atoms with van der Waals surface area (Å²) in [4.78, 5) is 0. The topological polar surface area (TPSA) is 47.9 Å². The number of fused-ring (bicyclic) bond motifs is 1. The second kappa shape index (κ2) is 3.17. The number of hydrogen-bond donors (Lipinski definition) is 1. The van der Waals surface area contributed by atoms with Gasteiger partial charge in [0, 0.05) is 0 Å². The lowest BCUT2D eigenvalue weighted by Gasteiger charge is -2.37. The summed E-state index contributed by atoms with van der Waals surface area (Å²) < 4.78 is 16.9. The molecule has 2 aliphatic heterocycles. The molecule has 4 nitrogen and oxygen atoms in total. The van der Waals surface area contributed by atoms with Crippen molar-refractivity contribution in [3.63, 3.8) is 0 Å². The zero-order valence-corrected chi connectivity index (χ0v) is 9.06. The van der Waals surface area contributed by atoms with Crippen LogP contribution in [0.2, 0.25) is 0 Å². The van der Waals surface area contributed by atoms with Gasteiger partial charge in [-0.2, -0.15) is 0 Å². The van der Waals surface area contributed by atoms with Gasteiger partial charge in [0.05, 0.1) is 12.2 Å². The lowest BCUT2D eigenvalue weighted by atomic mass is 9.97. The number of rotatable bonds is 0. The van der Waals surface area contributed by atoms with Crippen LogP contribution in [-0.2, 0) is 14.2 Å². The van der Waals surface area contributed by atoms with Gasteiger partial charge in [0.2, 0.25) is 0 Å². The molecule has 0 aromatic carbocycles. The molecule has 0 radical (unpaired) electrons. The molecule has 5 atom stereocenters. The van der Waals surface area contributed by atoms with E-state index in [0.717, 1.165) is 0 Å². The van der Waals surface area contributed by atoms with Crippen molar-refractivity contribution < 1.29 is 19.3 Å². The van der Waals surface area contributed by atoms with E-state index in [2.05, 4.69) is 0 Å². The van der Waals surface area contributed by atoms with Gasteiger partial charge in [-0.25, -0.2) is 0 Å². The standard InChI is InChI=1S/C10H18O4/c1-5-7(11)9-8(6(2)12-5)13-10(3,4)14-9/h5-9,11H,1-4H3/t5?,6-,7-,8?,9+/m0/s1. The summed E-state index contributed by atoms with van der Waals surface area (Å²) in [7, 11) is 0. The SMILES string of the molecule is CC1O[C@@H](C)C2OC(C)(C)O[C@@H]2[C@H]1O. The van der Waals surface area contributed by atoms with Crippen LogP contribution in [0.15, 0.2) is 0 Å². The molecule has 2 heterocycles. The van der Waals surface area contributed by atoms with Gasteiger partial charge in [-0.3, -0.25) is 0 Å². The lowest BCUT2D eigenvalue weighted by Crippen LogP contribution is -2.54. The third kappa shape index (κ3) is 1.56. The van der Waals surface area contributed by atoms with E-state index in [-0.39, 0.29) is 24.4 Å². The van der Waals surface area contributed by atoms with Crippen molar-refractivity contribution >= 4 is 0 Å². The maximum Gasteiger partial charge on any atom is 0.164 e. The molecule has 1 N–H and O–H groups in total. The quantitative estimate of drug-likeness (QED) is 0.627. The van der Waals surface area contributed by atoms with E-state index in [0.29, 0.717) is 0 Å². The molecular weight excluding hydrogens is 184 g/mol. The third-order valence-electron chi connectivity index (χ3n) is 2.87. The maximum absolute atomic E-state index is 9.87. The molecule has 2 fully saturated rings. The molecule has 0 aliphatic carbocycles. The van der Waals surface area contributed by atoms with Crippen molar-refractivity contribution in [3.05, 3.63) is 0 Å². The van der Waals surface area contributed by atoms with E-state index in [9.17, 15) is 5.11 Å². The third-order valence-corrected chi connectivity index (χ3v) is 2.87. The minimum absolute atomic E-state index is 0.0276. The van der Waals surface area contributed by atoms with Crippen LogP contribution in [0.5, 0.6) is 0 Å². The Balaban J connectivity index is 2.18. The summed E-state index contributed by atoms with van der Waals surface area (Å²) in [6.07, 6.45) is -1.23. The average molecular weight is 202 g/mol. The number of ether oxygens (including phenoxy) is 3. The highest BCUT2D eigenvalue weighted by atomic mass is 16.8. The summed E-state index contributed by atoms with van der Waals surface area (Å²) in [5.41, 5.74) is 0. The summed E-state index contributed by atoms with van der Waals surface area (Å²) in [6.45, 7) is 7.52. The summed E-state index contributed by atoms with van der Waals surface area (Å²) in [5, 5.41) is 9.87. The number of aliphatic hydroxyl groups is 1. The van der Waals surface area contributed by atoms with Crippen molar-refractivity contribution in [1.82, 2.24) is 0 Å². The van der Waals surface area contributed by atoms with Crippen LogP contribution in [0.4, 0.5) is 0 Å². The Kier molecular flexibility index (Phi) is 2.34. The largest absolute Gasteiger partial charge is 0.388 e. The van der Waals surface area contributed by atoms with Crippen LogP contribution in [0, 0.1) is 0 Å². The molecule has 0 saturated carbocycles. The van der Waals surface area contributed by atoms with E-state index in [1.807, 2.05) is 27.7 Å². The highest BCUT2D eigenvalue weighted by Gasteiger charge is 2.52. The maximum atomic E-state index is 9.87. The Morgan fingerprint density at radius 2 is 1.57 bits per heavy atom. The first-order valence-corrected chi connectivity index (χ1v) is 5.10. The van der Waals surface area contributed by atoms with Crippen molar-refractivity contribution in [3.8, 4) is 0 Å². The van der Waals surface area contributed by atoms with Crippen LogP contribution in [0.3, 0.4) is 0 Å². The molecular formula is C10H18O4. The zero-order valence-electron chi connectivity index (χ0n) is 9.06. The smallest absolute Gasteiger partial charge is 0.164 e. The zero-order chi connectivity index (χ0) is 10.5. The van der Waals surface area contributed by atoms with Gasteiger partial charge < -0.3 is 19.3 Å². The Morgan fingerprint density at radius 3 is 2.21 bits per heavy atom. The molecule has 2 aliphatic rings. The van der Waals surface area contributed by atoms with Gasteiger partial charge in [0.15, 0.2) is 5.79 Å². The van der Waals surface area contributed by atoms with Crippen LogP contribution in [-0.4, -0.2) is 41.4 Å². The van der Waals surface area contributed by atoms with Gasteiger partial charge in [0.25, 0.3) is 0 Å². The van der Waals surface area contributed by atoms with Crippen LogP contribution < -0.4 is 0 Å². The highest BCUT2D eigenvalue weighted by Crippen LogP contribution is 2.36. The fraction of sp³-hybridized carbons (Fsp3) is 1.00. The molecule has 4 heteroatoms. The predicted molar refractivity (Wildman–Crippen MR) is 49.8 cm³/mol. The Morgan fingerprint density at radius 1 is 1.00 bits per heavy atom. The fourth-order valence-corrected chi connectivity index (χ4v) is 2.21. The van der Waals surface area contributed by atoms with E-state index in [1.165, 1.54) is 0 Å². The molecule has 2 saturated heterocycles. The minimum atomic E-state index is -0.613. The molecule has 0 amide bonds. The monoisotopic (exact) mass is 202 g/mol. The number of hydrogen-bond acceptors (Lipinski definition) is 4. The van der Waals surface area contributed by atoms with E-state index < -0.39 is 11.9 Å². The highest BCUT2D eigenvalue weighted by molar-refractivity contribution is 4.95. The lowest BCUT2D eigenvalue weighted by molar-refractivity contribution is -0.175. The summed E-state index contributed by atoms with van der Waals surface area (Å²) in [5.74, 6) is -0.613. The minimum Gasteiger partial charge on any atom is -0.388 e. The van der Waals surface area contributed by atoms with Crippen LogP contribution >= 0.6 is 0 Å². The van der Waals surface area contributed by atoms with Crippen molar-refractivity contribution in [2.75, 3.05) is 0 Å². The van der Waals surface area contributed by atoms with E-state index in [4.69, 9.17) is 14.2 Å². The predicted octanol–water partition coefficient (Wildman–Crippen LogP) is 0.675. The molecule has 0 aromatic rings. The molecule has 82 valence electrons. The summed E-state index contributed by atoms with van der Waals surface area (Å²) in [6, 6.07) is 0. The second-order valence-electron chi connectivity index (χ2n) is 4.60. The van der Waals surface area contributed by atoms with Gasteiger partial charge in [-0.05, 0) is 27.7 Å². The summed E-state index contributed by atoms with van der Waals surface area (Å²) >= 11 is 0. The van der Waals surface area contributed by atoms with Gasteiger partial charge in [-0.15, -0.1) is 0 Å². The Hall–Kier alpha value is -0.160. The Bertz CT molecular complexity index is 228. The first kappa shape index (κ1) is 10.4. The van der Waals surface area contributed by atoms with Crippen molar-refractivity contribution in [1.29, 1.82) is 0 Å². The van der Waals surface area contributed by atoms with Crippen LogP contribution in [0.25, 0.3) is 0 Å². The van der Waals surface area contributed by atoms with E-state index in [1.54, 1.807) is 0 Å². The Labute approximate surface area is 84.1 Å². The first-order valence-electron chi connectivity index (χ1n) is 5.10. The molecule has 14 heavy (non-hydrogen) atoms. The van der Waals surface area contributed by atoms with Crippen LogP contribution in [0.1, 0.15) is 27.7 Å². The van der Waals surface area contributed by atoms with Gasteiger partial charge >= 0.3 is 0 Å². The molecule has 0 spiro atoms. The molecule has 2 rings (SSSR count). The van der Waals surface area contributed by atoms with Crippen molar-refractivity contribution in [2.24, 2.45) is 0 Å². The van der Waals surface area contributed by atoms with Gasteiger partial charge in [0.1, 0.15) is 18.3 Å².